The van der Waals surface area contributed by atoms with Crippen molar-refractivity contribution in [3.63, 3.8) is 0 Å². The van der Waals surface area contributed by atoms with Crippen molar-refractivity contribution in [1.29, 1.82) is 0 Å². The number of halogens is 1. The monoisotopic (exact) mass is 491 g/mol. The first kappa shape index (κ1) is 20.7. The fourth-order valence-electron chi connectivity index (χ4n) is 4.49. The summed E-state index contributed by atoms with van der Waals surface area (Å²) in [7, 11) is 0. The van der Waals surface area contributed by atoms with Gasteiger partial charge in [0.05, 0.1) is 11.1 Å². The van der Waals surface area contributed by atoms with Gasteiger partial charge in [-0.25, -0.2) is 0 Å². The average molecular weight is 492 g/mol. The summed E-state index contributed by atoms with van der Waals surface area (Å²) in [5.74, 6) is -0.518. The molecule has 0 atom stereocenters. The lowest BCUT2D eigenvalue weighted by atomic mass is 9.98. The molecule has 2 aliphatic rings. The molecule has 1 N–H and O–H groups in total. The lowest BCUT2D eigenvalue weighted by molar-refractivity contribution is -0.130. The SMILES string of the molecule is O=C(CCCN1C(=O)c2ccc(Br)cc2C1=O)N1CC=C(c2c[nH]c3ccccc23)CC1. The quantitative estimate of drug-likeness (QED) is 0.529. The fraction of sp³-hybridized carbons (Fsp3) is 0.240. The minimum absolute atomic E-state index is 0.0542. The van der Waals surface area contributed by atoms with Crippen molar-refractivity contribution < 1.29 is 14.4 Å². The van der Waals surface area contributed by atoms with Crippen molar-refractivity contribution in [3.05, 3.63) is 75.9 Å². The zero-order valence-electron chi connectivity index (χ0n) is 17.4. The van der Waals surface area contributed by atoms with Gasteiger partial charge in [0.2, 0.25) is 5.91 Å². The molecule has 2 aromatic carbocycles. The molecule has 0 aliphatic carbocycles. The number of nitrogens with zero attached hydrogens (tertiary/aromatic N) is 2. The first-order chi connectivity index (χ1) is 15.5. The number of aromatic amines is 1. The van der Waals surface area contributed by atoms with Crippen molar-refractivity contribution in [3.8, 4) is 0 Å². The number of para-hydroxylation sites is 1. The van der Waals surface area contributed by atoms with Gasteiger partial charge in [-0.05, 0) is 42.7 Å². The largest absolute Gasteiger partial charge is 0.361 e. The van der Waals surface area contributed by atoms with Crippen LogP contribution in [-0.2, 0) is 4.79 Å². The number of benzene rings is 2. The van der Waals surface area contributed by atoms with Crippen molar-refractivity contribution in [1.82, 2.24) is 14.8 Å². The molecule has 3 amide bonds. The predicted molar refractivity (Wildman–Crippen MR) is 126 cm³/mol. The summed E-state index contributed by atoms with van der Waals surface area (Å²) in [4.78, 5) is 44.2. The number of hydrogen-bond acceptors (Lipinski definition) is 3. The zero-order chi connectivity index (χ0) is 22.2. The molecule has 0 radical (unpaired) electrons. The van der Waals surface area contributed by atoms with Gasteiger partial charge < -0.3 is 9.88 Å². The number of fused-ring (bicyclic) bond motifs is 2. The van der Waals surface area contributed by atoms with Crippen LogP contribution in [0.4, 0.5) is 0 Å². The molecule has 162 valence electrons. The predicted octanol–water partition coefficient (Wildman–Crippen LogP) is 4.62. The zero-order valence-corrected chi connectivity index (χ0v) is 19.0. The first-order valence-electron chi connectivity index (χ1n) is 10.7. The van der Waals surface area contributed by atoms with Gasteiger partial charge in [0.1, 0.15) is 0 Å². The number of rotatable bonds is 5. The molecule has 32 heavy (non-hydrogen) atoms. The molecule has 2 aliphatic heterocycles. The summed E-state index contributed by atoms with van der Waals surface area (Å²) >= 11 is 3.34. The summed E-state index contributed by atoms with van der Waals surface area (Å²) in [6.45, 7) is 1.50. The number of imide groups is 1. The average Bonchev–Trinajstić information content (AvgIpc) is 3.34. The van der Waals surface area contributed by atoms with Crippen molar-refractivity contribution in [2.75, 3.05) is 19.6 Å². The molecule has 0 saturated heterocycles. The standard InChI is InChI=1S/C25H22BrN3O3/c26-17-7-8-19-20(14-17)25(32)29(24(19)31)11-3-6-23(30)28-12-9-16(10-13-28)21-15-27-22-5-2-1-4-18(21)22/h1-2,4-5,7-9,14-15,27H,3,6,10-13H2. The number of carbonyl (C=O) groups excluding carboxylic acids is 3. The number of nitrogens with one attached hydrogen (secondary N) is 1. The van der Waals surface area contributed by atoms with E-state index in [4.69, 9.17) is 0 Å². The van der Waals surface area contributed by atoms with E-state index < -0.39 is 0 Å². The Bertz CT molecular complexity index is 1280. The Morgan fingerprint density at radius 3 is 2.66 bits per heavy atom. The van der Waals surface area contributed by atoms with E-state index in [0.29, 0.717) is 37.1 Å². The van der Waals surface area contributed by atoms with Crippen LogP contribution in [0.5, 0.6) is 0 Å². The maximum Gasteiger partial charge on any atom is 0.261 e. The van der Waals surface area contributed by atoms with Gasteiger partial charge in [0, 0.05) is 53.2 Å². The molecule has 0 unspecified atom stereocenters. The molecule has 0 saturated carbocycles. The van der Waals surface area contributed by atoms with Gasteiger partial charge in [0.15, 0.2) is 0 Å². The molecule has 6 nitrogen and oxygen atoms in total. The van der Waals surface area contributed by atoms with Crippen molar-refractivity contribution >= 4 is 50.1 Å². The molecule has 3 aromatic rings. The second-order valence-corrected chi connectivity index (χ2v) is 9.04. The summed E-state index contributed by atoms with van der Waals surface area (Å²) in [6, 6.07) is 13.3. The van der Waals surface area contributed by atoms with E-state index in [1.54, 1.807) is 18.2 Å². The molecule has 1 aromatic heterocycles. The summed E-state index contributed by atoms with van der Waals surface area (Å²) < 4.78 is 0.764. The number of carbonyl (C=O) groups is 3. The fourth-order valence-corrected chi connectivity index (χ4v) is 4.85. The number of aromatic nitrogens is 1. The van der Waals surface area contributed by atoms with Crippen LogP contribution >= 0.6 is 15.9 Å². The van der Waals surface area contributed by atoms with Crippen molar-refractivity contribution in [2.24, 2.45) is 0 Å². The molecule has 5 rings (SSSR count). The van der Waals surface area contributed by atoms with E-state index in [0.717, 1.165) is 16.4 Å². The highest BCUT2D eigenvalue weighted by Crippen LogP contribution is 2.30. The van der Waals surface area contributed by atoms with Crippen LogP contribution in [-0.4, -0.2) is 52.1 Å². The highest BCUT2D eigenvalue weighted by molar-refractivity contribution is 9.10. The molecule has 0 bridgehead atoms. The van der Waals surface area contributed by atoms with Crippen LogP contribution in [0.2, 0.25) is 0 Å². The second-order valence-electron chi connectivity index (χ2n) is 8.12. The second kappa shape index (κ2) is 8.39. The van der Waals surface area contributed by atoms with Crippen LogP contribution in [0.15, 0.2) is 59.2 Å². The highest BCUT2D eigenvalue weighted by atomic mass is 79.9. The summed E-state index contributed by atoms with van der Waals surface area (Å²) in [5, 5.41) is 1.20. The molecule has 0 fully saturated rings. The van der Waals surface area contributed by atoms with Gasteiger partial charge in [-0.1, -0.05) is 40.2 Å². The molecule has 3 heterocycles. The first-order valence-corrected chi connectivity index (χ1v) is 11.5. The number of H-pyrrole nitrogens is 1. The minimum atomic E-state index is -0.289. The van der Waals surface area contributed by atoms with E-state index in [1.165, 1.54) is 21.4 Å². The van der Waals surface area contributed by atoms with E-state index in [9.17, 15) is 14.4 Å². The van der Waals surface area contributed by atoms with Crippen molar-refractivity contribution in [2.45, 2.75) is 19.3 Å². The Morgan fingerprint density at radius 2 is 1.84 bits per heavy atom. The maximum absolute atomic E-state index is 12.7. The van der Waals surface area contributed by atoms with Crippen LogP contribution < -0.4 is 0 Å². The van der Waals surface area contributed by atoms with Crippen LogP contribution in [0, 0.1) is 0 Å². The lowest BCUT2D eigenvalue weighted by Gasteiger charge is -2.27. The van der Waals surface area contributed by atoms with E-state index in [-0.39, 0.29) is 24.3 Å². The molecular weight excluding hydrogens is 470 g/mol. The lowest BCUT2D eigenvalue weighted by Crippen LogP contribution is -2.36. The third-order valence-electron chi connectivity index (χ3n) is 6.20. The van der Waals surface area contributed by atoms with E-state index in [1.807, 2.05) is 23.2 Å². The third-order valence-corrected chi connectivity index (χ3v) is 6.70. The van der Waals surface area contributed by atoms with Gasteiger partial charge in [-0.15, -0.1) is 0 Å². The van der Waals surface area contributed by atoms with Gasteiger partial charge >= 0.3 is 0 Å². The van der Waals surface area contributed by atoms with Gasteiger partial charge in [0.25, 0.3) is 11.8 Å². The number of amides is 3. The Morgan fingerprint density at radius 1 is 1.03 bits per heavy atom. The normalized spacial score (nSPS) is 16.0. The topological polar surface area (TPSA) is 73.5 Å². The Hall–Kier alpha value is -3.19. The van der Waals surface area contributed by atoms with Gasteiger partial charge in [-0.3, -0.25) is 19.3 Å². The molecule has 0 spiro atoms. The molecule has 7 heteroatoms. The Labute approximate surface area is 194 Å². The maximum atomic E-state index is 12.7. The summed E-state index contributed by atoms with van der Waals surface area (Å²) in [6.07, 6.45) is 5.74. The minimum Gasteiger partial charge on any atom is -0.361 e. The smallest absolute Gasteiger partial charge is 0.261 e. The Kier molecular flexibility index (Phi) is 5.43. The third kappa shape index (κ3) is 3.66. The Balaban J connectivity index is 1.17. The van der Waals surface area contributed by atoms with E-state index in [2.05, 4.69) is 39.1 Å². The van der Waals surface area contributed by atoms with Gasteiger partial charge in [-0.2, -0.15) is 0 Å². The summed E-state index contributed by atoms with van der Waals surface area (Å²) in [5.41, 5.74) is 4.41. The molecular formula is C25H22BrN3O3. The highest BCUT2D eigenvalue weighted by Gasteiger charge is 2.35. The van der Waals surface area contributed by atoms with Crippen LogP contribution in [0.1, 0.15) is 45.5 Å². The van der Waals surface area contributed by atoms with Crippen LogP contribution in [0.3, 0.4) is 0 Å². The van der Waals surface area contributed by atoms with Crippen LogP contribution in [0.25, 0.3) is 16.5 Å². The number of hydrogen-bond donors (Lipinski definition) is 1. The van der Waals surface area contributed by atoms with E-state index >= 15 is 0 Å².